The maximum Gasteiger partial charge on any atom is 0.238 e. The number of unbranched alkanes of at least 4 members (excludes halogenated alkanes) is 1. The lowest BCUT2D eigenvalue weighted by Gasteiger charge is -2.18. The molecular weight excluding hydrogens is 510 g/mol. The molecule has 3 rings (SSSR count). The van der Waals surface area contributed by atoms with E-state index in [0.717, 1.165) is 37.2 Å². The van der Waals surface area contributed by atoms with Crippen molar-refractivity contribution in [2.75, 3.05) is 37.3 Å². The number of nitrogens with two attached hydrogens (primary N) is 1. The molecule has 0 aliphatic rings. The number of sulfonamides is 1. The minimum absolute atomic E-state index is 0.0176. The Morgan fingerprint density at radius 2 is 1.59 bits per heavy atom. The van der Waals surface area contributed by atoms with Crippen molar-refractivity contribution >= 4 is 48.6 Å². The number of aromatic nitrogens is 2. The van der Waals surface area contributed by atoms with Gasteiger partial charge < -0.3 is 15.5 Å². The number of nitrogens with zero attached hydrogens (tertiary/aromatic N) is 3. The predicted molar refractivity (Wildman–Crippen MR) is 152 cm³/mol. The molecule has 0 saturated carbocycles. The molecule has 1 aromatic heterocycles. The first kappa shape index (κ1) is 28.5. The summed E-state index contributed by atoms with van der Waals surface area (Å²) in [5, 5.41) is 11.4. The van der Waals surface area contributed by atoms with E-state index in [-0.39, 0.29) is 4.90 Å². The van der Waals surface area contributed by atoms with Crippen LogP contribution >= 0.6 is 0 Å². The van der Waals surface area contributed by atoms with E-state index >= 15 is 0 Å². The van der Waals surface area contributed by atoms with E-state index in [1.807, 2.05) is 6.92 Å². The fraction of sp³-hybridized carbons (Fsp3) is 0.320. The van der Waals surface area contributed by atoms with Gasteiger partial charge in [0.25, 0.3) is 0 Å². The SMILES string of the molecule is C=S(=O)(NCCN(C)CCCC)c1ccc(Nc2ncc(Nc3cc(S(N)(=O)=O)ccc3C)cn2)cc1. The molecule has 1 atom stereocenters. The molecule has 0 fully saturated rings. The van der Waals surface area contributed by atoms with Crippen LogP contribution in [0.1, 0.15) is 25.3 Å². The highest BCUT2D eigenvalue weighted by Crippen LogP contribution is 2.24. The van der Waals surface area contributed by atoms with Gasteiger partial charge in [-0.1, -0.05) is 19.4 Å². The van der Waals surface area contributed by atoms with Crippen molar-refractivity contribution in [3.8, 4) is 0 Å². The van der Waals surface area contributed by atoms with Gasteiger partial charge in [0.1, 0.15) is 0 Å². The van der Waals surface area contributed by atoms with E-state index in [9.17, 15) is 12.6 Å². The molecule has 12 heteroatoms. The lowest BCUT2D eigenvalue weighted by molar-refractivity contribution is 0.333. The summed E-state index contributed by atoms with van der Waals surface area (Å²) in [5.41, 5.74) is 2.74. The molecule has 0 aliphatic heterocycles. The quantitative estimate of drug-likeness (QED) is 0.240. The molecule has 0 amide bonds. The summed E-state index contributed by atoms with van der Waals surface area (Å²) in [6, 6.07) is 11.7. The highest BCUT2D eigenvalue weighted by atomic mass is 32.2. The first-order valence-corrected chi connectivity index (χ1v) is 15.2. The molecule has 2 aromatic carbocycles. The van der Waals surface area contributed by atoms with Gasteiger partial charge >= 0.3 is 0 Å². The van der Waals surface area contributed by atoms with Gasteiger partial charge in [0.2, 0.25) is 16.0 Å². The molecule has 0 spiro atoms. The van der Waals surface area contributed by atoms with Crippen LogP contribution in [-0.4, -0.2) is 60.0 Å². The summed E-state index contributed by atoms with van der Waals surface area (Å²) in [6.07, 6.45) is 5.45. The number of primary sulfonamides is 1. The van der Waals surface area contributed by atoms with Gasteiger partial charge in [-0.2, -0.15) is 0 Å². The van der Waals surface area contributed by atoms with Crippen molar-refractivity contribution < 1.29 is 12.6 Å². The molecule has 1 heterocycles. The van der Waals surface area contributed by atoms with Crippen molar-refractivity contribution in [2.45, 2.75) is 36.5 Å². The standard InChI is InChI=1S/C25H35N7O3S2/c1-5-6-14-32(3)15-13-29-36(4,33)22-11-8-20(9-12-22)31-25-27-17-21(18-28-25)30-24-16-23(37(26,34)35)10-7-19(24)2/h7-12,16-18,30H,4-6,13-15H2,1-3H3,(H,29,33)(H2,26,34,35)(H,27,28,31). The highest BCUT2D eigenvalue weighted by Gasteiger charge is 2.11. The third kappa shape index (κ3) is 8.51. The fourth-order valence-corrected chi connectivity index (χ4v) is 5.14. The Morgan fingerprint density at radius 1 is 0.946 bits per heavy atom. The zero-order valence-corrected chi connectivity index (χ0v) is 23.0. The molecular formula is C25H35N7O3S2. The monoisotopic (exact) mass is 545 g/mol. The van der Waals surface area contributed by atoms with Crippen LogP contribution in [0.2, 0.25) is 0 Å². The molecule has 0 saturated heterocycles. The molecule has 0 radical (unpaired) electrons. The Morgan fingerprint density at radius 3 is 2.22 bits per heavy atom. The average Bonchev–Trinajstić information content (AvgIpc) is 2.85. The van der Waals surface area contributed by atoms with E-state index in [1.54, 1.807) is 42.7 Å². The second kappa shape index (κ2) is 12.5. The smallest absolute Gasteiger partial charge is 0.238 e. The number of hydrogen-bond donors (Lipinski definition) is 4. The Hall–Kier alpha value is -3.03. The van der Waals surface area contributed by atoms with Crippen molar-refractivity contribution in [3.05, 3.63) is 60.4 Å². The lowest BCUT2D eigenvalue weighted by atomic mass is 10.2. The van der Waals surface area contributed by atoms with E-state index in [2.05, 4.69) is 50.1 Å². The maximum atomic E-state index is 13.0. The molecule has 200 valence electrons. The molecule has 10 nitrogen and oxygen atoms in total. The van der Waals surface area contributed by atoms with Crippen molar-refractivity contribution in [1.82, 2.24) is 19.6 Å². The van der Waals surface area contributed by atoms with Gasteiger partial charge in [0.05, 0.1) is 32.7 Å². The molecule has 5 N–H and O–H groups in total. The summed E-state index contributed by atoms with van der Waals surface area (Å²) in [6.45, 7) is 6.41. The van der Waals surface area contributed by atoms with Gasteiger partial charge in [-0.05, 0) is 74.8 Å². The van der Waals surface area contributed by atoms with Gasteiger partial charge in [-0.25, -0.2) is 32.5 Å². The number of nitrogens with one attached hydrogen (secondary N) is 3. The third-order valence-corrected chi connectivity index (χ3v) is 8.30. The normalized spacial score (nSPS) is 13.3. The van der Waals surface area contributed by atoms with Crippen LogP contribution in [0.4, 0.5) is 23.0 Å². The number of hydrogen-bond acceptors (Lipinski definition) is 8. The highest BCUT2D eigenvalue weighted by molar-refractivity contribution is 7.98. The maximum absolute atomic E-state index is 13.0. The summed E-state index contributed by atoms with van der Waals surface area (Å²) in [5.74, 6) is 4.26. The van der Waals surface area contributed by atoms with Crippen molar-refractivity contribution in [1.29, 1.82) is 0 Å². The fourth-order valence-electron chi connectivity index (χ4n) is 3.44. The zero-order chi connectivity index (χ0) is 27.1. The summed E-state index contributed by atoms with van der Waals surface area (Å²) in [7, 11) is -4.36. The van der Waals surface area contributed by atoms with Crippen LogP contribution in [-0.2, 0) is 19.7 Å². The Labute approximate surface area is 219 Å². The average molecular weight is 546 g/mol. The van der Waals surface area contributed by atoms with Crippen molar-refractivity contribution in [2.24, 2.45) is 5.14 Å². The van der Waals surface area contributed by atoms with Gasteiger partial charge in [-0.15, -0.1) is 0 Å². The first-order valence-electron chi connectivity index (χ1n) is 11.9. The molecule has 0 aliphatic carbocycles. The number of anilines is 4. The largest absolute Gasteiger partial charge is 0.353 e. The third-order valence-electron chi connectivity index (χ3n) is 5.68. The van der Waals surface area contributed by atoms with Crippen LogP contribution in [0.15, 0.2) is 64.6 Å². The minimum atomic E-state index is -3.81. The van der Waals surface area contributed by atoms with E-state index < -0.39 is 19.7 Å². The molecule has 0 bridgehead atoms. The van der Waals surface area contributed by atoms with Crippen LogP contribution in [0.5, 0.6) is 0 Å². The zero-order valence-electron chi connectivity index (χ0n) is 21.4. The van der Waals surface area contributed by atoms with E-state index in [4.69, 9.17) is 5.14 Å². The Balaban J connectivity index is 1.59. The van der Waals surface area contributed by atoms with Crippen LogP contribution < -0.4 is 20.5 Å². The molecule has 37 heavy (non-hydrogen) atoms. The molecule has 3 aromatic rings. The molecule has 1 unspecified atom stereocenters. The van der Waals surface area contributed by atoms with Gasteiger partial charge in [0.15, 0.2) is 0 Å². The lowest BCUT2D eigenvalue weighted by Crippen LogP contribution is -2.33. The summed E-state index contributed by atoms with van der Waals surface area (Å²) < 4.78 is 39.4. The van der Waals surface area contributed by atoms with Crippen LogP contribution in [0.3, 0.4) is 0 Å². The Bertz CT molecular complexity index is 1390. The topological polar surface area (TPSA) is 142 Å². The first-order chi connectivity index (χ1) is 17.5. The predicted octanol–water partition coefficient (Wildman–Crippen LogP) is 3.23. The number of likely N-dealkylation sites (N-methyl/N-ethyl adjacent to an activating group) is 1. The number of aryl methyl sites for hydroxylation is 1. The minimum Gasteiger partial charge on any atom is -0.353 e. The summed E-state index contributed by atoms with van der Waals surface area (Å²) in [4.78, 5) is 11.5. The Kier molecular flexibility index (Phi) is 9.62. The van der Waals surface area contributed by atoms with E-state index in [1.165, 1.54) is 12.1 Å². The number of benzene rings is 2. The van der Waals surface area contributed by atoms with Gasteiger partial charge in [-0.3, -0.25) is 0 Å². The van der Waals surface area contributed by atoms with Crippen molar-refractivity contribution in [3.63, 3.8) is 0 Å². The van der Waals surface area contributed by atoms with Crippen LogP contribution in [0.25, 0.3) is 0 Å². The second-order valence-electron chi connectivity index (χ2n) is 8.82. The second-order valence-corrected chi connectivity index (χ2v) is 12.5. The number of rotatable bonds is 13. The van der Waals surface area contributed by atoms with Crippen LogP contribution in [0, 0.1) is 6.92 Å². The summed E-state index contributed by atoms with van der Waals surface area (Å²) >= 11 is 0. The van der Waals surface area contributed by atoms with E-state index in [0.29, 0.717) is 28.8 Å². The van der Waals surface area contributed by atoms with Gasteiger partial charge in [0, 0.05) is 29.4 Å².